The van der Waals surface area contributed by atoms with Gasteiger partial charge < -0.3 is 4.90 Å². The molecule has 0 N–H and O–H groups in total. The molecule has 0 bridgehead atoms. The highest BCUT2D eigenvalue weighted by Gasteiger charge is 2.21. The first kappa shape index (κ1) is 9.80. The van der Waals surface area contributed by atoms with Crippen molar-refractivity contribution in [3.05, 3.63) is 0 Å². The minimum atomic E-state index is -3.46. The summed E-state index contributed by atoms with van der Waals surface area (Å²) >= 11 is 0. The van der Waals surface area contributed by atoms with Gasteiger partial charge in [-0.3, -0.25) is 4.79 Å². The van der Waals surface area contributed by atoms with Crippen molar-refractivity contribution in [1.82, 2.24) is 4.90 Å². The average Bonchev–Trinajstić information content (AvgIpc) is 2.29. The Morgan fingerprint density at radius 3 is 2.58 bits per heavy atom. The molecule has 0 aromatic carbocycles. The third kappa shape index (κ3) is 2.98. The summed E-state index contributed by atoms with van der Waals surface area (Å²) in [6, 6.07) is 0. The van der Waals surface area contributed by atoms with Crippen LogP contribution in [0.25, 0.3) is 0 Å². The molecular formula is C6H10ClNO3S. The molecule has 1 fully saturated rings. The maximum atomic E-state index is 11.0. The number of halogens is 1. The number of hydrogen-bond donors (Lipinski definition) is 0. The maximum Gasteiger partial charge on any atom is 0.234 e. The fraction of sp³-hybridized carbons (Fsp3) is 0.833. The molecular weight excluding hydrogens is 202 g/mol. The second-order valence-corrected chi connectivity index (χ2v) is 5.62. The van der Waals surface area contributed by atoms with Crippen molar-refractivity contribution in [2.75, 3.05) is 18.8 Å². The van der Waals surface area contributed by atoms with E-state index in [1.165, 1.54) is 4.90 Å². The smallest absolute Gasteiger partial charge is 0.234 e. The van der Waals surface area contributed by atoms with Gasteiger partial charge in [-0.2, -0.15) is 0 Å². The van der Waals surface area contributed by atoms with Crippen molar-refractivity contribution >= 4 is 25.6 Å². The largest absolute Gasteiger partial charge is 0.342 e. The van der Waals surface area contributed by atoms with Crippen LogP contribution in [-0.2, 0) is 13.8 Å². The van der Waals surface area contributed by atoms with Crippen molar-refractivity contribution in [3.8, 4) is 0 Å². The minimum absolute atomic E-state index is 0.0234. The van der Waals surface area contributed by atoms with Crippen molar-refractivity contribution in [3.63, 3.8) is 0 Å². The van der Waals surface area contributed by atoms with E-state index in [4.69, 9.17) is 10.7 Å². The van der Waals surface area contributed by atoms with Gasteiger partial charge in [0.25, 0.3) is 0 Å². The van der Waals surface area contributed by atoms with E-state index in [-0.39, 0.29) is 18.2 Å². The lowest BCUT2D eigenvalue weighted by molar-refractivity contribution is -0.127. The van der Waals surface area contributed by atoms with Gasteiger partial charge in [-0.15, -0.1) is 0 Å². The summed E-state index contributed by atoms with van der Waals surface area (Å²) in [7, 11) is 1.54. The molecule has 0 aliphatic carbocycles. The number of likely N-dealkylation sites (tertiary alicyclic amines) is 1. The van der Waals surface area contributed by atoms with E-state index in [9.17, 15) is 13.2 Å². The molecule has 0 spiro atoms. The molecule has 0 unspecified atom stereocenters. The minimum Gasteiger partial charge on any atom is -0.342 e. The quantitative estimate of drug-likeness (QED) is 0.626. The van der Waals surface area contributed by atoms with Gasteiger partial charge in [0.2, 0.25) is 15.0 Å². The third-order valence-corrected chi connectivity index (χ3v) is 2.91. The zero-order valence-electron chi connectivity index (χ0n) is 6.49. The summed E-state index contributed by atoms with van der Waals surface area (Å²) in [5.41, 5.74) is 0. The predicted octanol–water partition coefficient (Wildman–Crippen LogP) is 0.177. The Labute approximate surface area is 75.9 Å². The lowest BCUT2D eigenvalue weighted by Gasteiger charge is -2.13. The highest BCUT2D eigenvalue weighted by Crippen LogP contribution is 2.09. The van der Waals surface area contributed by atoms with E-state index < -0.39 is 9.05 Å². The number of nitrogens with zero attached hydrogens (tertiary/aromatic N) is 1. The molecule has 0 radical (unpaired) electrons. The molecule has 0 atom stereocenters. The molecule has 70 valence electrons. The second kappa shape index (κ2) is 3.62. The van der Waals surface area contributed by atoms with Gasteiger partial charge in [0.1, 0.15) is 0 Å². The Morgan fingerprint density at radius 2 is 2.17 bits per heavy atom. The summed E-state index contributed by atoms with van der Waals surface area (Å²) in [4.78, 5) is 12.5. The monoisotopic (exact) mass is 211 g/mol. The lowest BCUT2D eigenvalue weighted by Crippen LogP contribution is -2.29. The first-order valence-electron chi connectivity index (χ1n) is 3.69. The van der Waals surface area contributed by atoms with Crippen molar-refractivity contribution in [1.29, 1.82) is 0 Å². The Kier molecular flexibility index (Phi) is 2.95. The number of rotatable bonds is 3. The van der Waals surface area contributed by atoms with Crippen LogP contribution >= 0.6 is 10.7 Å². The van der Waals surface area contributed by atoms with Crippen LogP contribution in [0.5, 0.6) is 0 Å². The highest BCUT2D eigenvalue weighted by atomic mass is 35.7. The Hall–Kier alpha value is -0.290. The van der Waals surface area contributed by atoms with E-state index in [0.29, 0.717) is 13.0 Å². The molecule has 6 heteroatoms. The lowest BCUT2D eigenvalue weighted by atomic mass is 10.4. The highest BCUT2D eigenvalue weighted by molar-refractivity contribution is 8.13. The molecule has 0 aromatic heterocycles. The van der Waals surface area contributed by atoms with Crippen LogP contribution in [-0.4, -0.2) is 38.1 Å². The molecule has 1 aliphatic rings. The molecule has 12 heavy (non-hydrogen) atoms. The van der Waals surface area contributed by atoms with Crippen LogP contribution in [0.4, 0.5) is 0 Å². The first-order chi connectivity index (χ1) is 5.49. The summed E-state index contributed by atoms with van der Waals surface area (Å²) in [5, 5.41) is 0. The van der Waals surface area contributed by atoms with Gasteiger partial charge in [-0.25, -0.2) is 8.42 Å². The van der Waals surface area contributed by atoms with Gasteiger partial charge in [0.05, 0.1) is 5.75 Å². The number of amides is 1. The van der Waals surface area contributed by atoms with Crippen molar-refractivity contribution in [2.24, 2.45) is 0 Å². The fourth-order valence-corrected chi connectivity index (χ4v) is 1.81. The topological polar surface area (TPSA) is 54.5 Å². The molecule has 1 amide bonds. The van der Waals surface area contributed by atoms with Gasteiger partial charge >= 0.3 is 0 Å². The van der Waals surface area contributed by atoms with Crippen LogP contribution in [0.15, 0.2) is 0 Å². The van der Waals surface area contributed by atoms with E-state index >= 15 is 0 Å². The number of carbonyl (C=O) groups is 1. The summed E-state index contributed by atoms with van der Waals surface area (Å²) < 4.78 is 21.0. The molecule has 0 saturated carbocycles. The second-order valence-electron chi connectivity index (χ2n) is 2.73. The Balaban J connectivity index is 2.37. The number of carbonyl (C=O) groups excluding carboxylic acids is 1. The van der Waals surface area contributed by atoms with Crippen molar-refractivity contribution in [2.45, 2.75) is 12.8 Å². The van der Waals surface area contributed by atoms with E-state index in [2.05, 4.69) is 0 Å². The predicted molar refractivity (Wildman–Crippen MR) is 45.5 cm³/mol. The zero-order valence-corrected chi connectivity index (χ0v) is 8.07. The van der Waals surface area contributed by atoms with Crippen LogP contribution in [0.3, 0.4) is 0 Å². The first-order valence-corrected chi connectivity index (χ1v) is 6.17. The Morgan fingerprint density at radius 1 is 1.50 bits per heavy atom. The normalized spacial score (nSPS) is 18.8. The molecule has 1 rings (SSSR count). The van der Waals surface area contributed by atoms with Crippen LogP contribution in [0.2, 0.25) is 0 Å². The Bertz CT molecular complexity index is 275. The van der Waals surface area contributed by atoms with Crippen LogP contribution in [0, 0.1) is 0 Å². The van der Waals surface area contributed by atoms with Crippen LogP contribution in [0.1, 0.15) is 12.8 Å². The van der Waals surface area contributed by atoms with Gasteiger partial charge in [0, 0.05) is 30.2 Å². The summed E-state index contributed by atoms with van der Waals surface area (Å²) in [6.07, 6.45) is 1.35. The standard InChI is InChI=1S/C6H10ClNO3S/c7-12(10,11)5-4-8-3-1-2-6(8)9/h1-5H2. The SMILES string of the molecule is O=C1CCCN1CCS(=O)(=O)Cl. The summed E-state index contributed by atoms with van der Waals surface area (Å²) in [5.74, 6) is -0.129. The summed E-state index contributed by atoms with van der Waals surface area (Å²) in [6.45, 7) is 0.885. The fourth-order valence-electron chi connectivity index (χ4n) is 1.16. The molecule has 0 aromatic rings. The maximum absolute atomic E-state index is 11.0. The molecule has 4 nitrogen and oxygen atoms in total. The molecule has 1 aliphatic heterocycles. The zero-order chi connectivity index (χ0) is 9.19. The molecule has 1 heterocycles. The third-order valence-electron chi connectivity index (χ3n) is 1.78. The van der Waals surface area contributed by atoms with Crippen LogP contribution < -0.4 is 0 Å². The number of hydrogen-bond acceptors (Lipinski definition) is 3. The van der Waals surface area contributed by atoms with Gasteiger partial charge in [-0.1, -0.05) is 0 Å². The molecule has 1 saturated heterocycles. The van der Waals surface area contributed by atoms with E-state index in [0.717, 1.165) is 6.42 Å². The van der Waals surface area contributed by atoms with Crippen molar-refractivity contribution < 1.29 is 13.2 Å². The van der Waals surface area contributed by atoms with Gasteiger partial charge in [-0.05, 0) is 6.42 Å². The average molecular weight is 212 g/mol. The van der Waals surface area contributed by atoms with E-state index in [1.54, 1.807) is 0 Å². The van der Waals surface area contributed by atoms with E-state index in [1.807, 2.05) is 0 Å². The van der Waals surface area contributed by atoms with Gasteiger partial charge in [0.15, 0.2) is 0 Å².